The largest absolute Gasteiger partial charge is 0.427 e. The van der Waals surface area contributed by atoms with Crippen molar-refractivity contribution in [1.29, 1.82) is 0 Å². The summed E-state index contributed by atoms with van der Waals surface area (Å²) in [6.45, 7) is 1.33. The molecule has 1 aliphatic heterocycles. The van der Waals surface area contributed by atoms with Crippen LogP contribution in [-0.2, 0) is 14.4 Å². The Bertz CT molecular complexity index is 638. The molecule has 3 aliphatic rings. The second kappa shape index (κ2) is 4.66. The highest BCUT2D eigenvalue weighted by Crippen LogP contribution is 2.56. The molecule has 0 spiro atoms. The van der Waals surface area contributed by atoms with E-state index in [0.717, 1.165) is 19.3 Å². The third-order valence-corrected chi connectivity index (χ3v) is 5.28. The summed E-state index contributed by atoms with van der Waals surface area (Å²) in [5, 5.41) is 0. The van der Waals surface area contributed by atoms with Gasteiger partial charge in [0, 0.05) is 6.92 Å². The van der Waals surface area contributed by atoms with Crippen molar-refractivity contribution in [2.45, 2.75) is 26.2 Å². The van der Waals surface area contributed by atoms with Gasteiger partial charge >= 0.3 is 5.97 Å². The fourth-order valence-corrected chi connectivity index (χ4v) is 4.49. The molecule has 1 heterocycles. The molecule has 4 rings (SSSR count). The fourth-order valence-electron chi connectivity index (χ4n) is 4.49. The highest BCUT2D eigenvalue weighted by Gasteiger charge is 2.61. The molecule has 114 valence electrons. The van der Waals surface area contributed by atoms with Gasteiger partial charge in [0.2, 0.25) is 11.8 Å². The summed E-state index contributed by atoms with van der Waals surface area (Å²) in [5.41, 5.74) is 0.569. The topological polar surface area (TPSA) is 63.7 Å². The molecule has 0 N–H and O–H groups in total. The van der Waals surface area contributed by atoms with Crippen molar-refractivity contribution in [2.75, 3.05) is 4.90 Å². The van der Waals surface area contributed by atoms with E-state index in [1.54, 1.807) is 24.3 Å². The van der Waals surface area contributed by atoms with Crippen molar-refractivity contribution in [2.24, 2.45) is 23.7 Å². The van der Waals surface area contributed by atoms with Gasteiger partial charge in [-0.05, 0) is 55.4 Å². The lowest BCUT2D eigenvalue weighted by molar-refractivity contribution is -0.132. The summed E-state index contributed by atoms with van der Waals surface area (Å²) < 4.78 is 4.98. The number of fused-ring (bicyclic) bond motifs is 5. The van der Waals surface area contributed by atoms with E-state index in [1.807, 2.05) is 0 Å². The minimum absolute atomic E-state index is 0.0533. The molecule has 2 amide bonds. The molecule has 0 aromatic heterocycles. The molecular weight excluding hydrogens is 282 g/mol. The molecule has 2 aliphatic carbocycles. The second-order valence-corrected chi connectivity index (χ2v) is 6.48. The molecule has 4 atom stereocenters. The number of amides is 2. The van der Waals surface area contributed by atoms with Gasteiger partial charge in [-0.1, -0.05) is 0 Å². The summed E-state index contributed by atoms with van der Waals surface area (Å²) in [6.07, 6.45) is 3.18. The Morgan fingerprint density at radius 2 is 1.59 bits per heavy atom. The molecule has 1 saturated heterocycles. The predicted molar refractivity (Wildman–Crippen MR) is 78.1 cm³/mol. The average molecular weight is 299 g/mol. The van der Waals surface area contributed by atoms with Crippen molar-refractivity contribution < 1.29 is 19.1 Å². The number of esters is 1. The van der Waals surface area contributed by atoms with Gasteiger partial charge in [0.15, 0.2) is 0 Å². The number of benzene rings is 1. The van der Waals surface area contributed by atoms with Crippen LogP contribution < -0.4 is 9.64 Å². The number of hydrogen-bond acceptors (Lipinski definition) is 4. The van der Waals surface area contributed by atoms with Crippen LogP contribution in [0.25, 0.3) is 0 Å². The number of hydrogen-bond donors (Lipinski definition) is 0. The summed E-state index contributed by atoms with van der Waals surface area (Å²) in [6, 6.07) is 6.55. The van der Waals surface area contributed by atoms with Gasteiger partial charge < -0.3 is 4.74 Å². The zero-order valence-electron chi connectivity index (χ0n) is 12.3. The van der Waals surface area contributed by atoms with Gasteiger partial charge in [-0.25, -0.2) is 0 Å². The number of carbonyl (C=O) groups is 3. The highest BCUT2D eigenvalue weighted by molar-refractivity contribution is 6.22. The molecule has 0 radical (unpaired) electrons. The van der Waals surface area contributed by atoms with Crippen LogP contribution in [0.3, 0.4) is 0 Å². The summed E-state index contributed by atoms with van der Waals surface area (Å²) >= 11 is 0. The van der Waals surface area contributed by atoms with Gasteiger partial charge in [0.25, 0.3) is 0 Å². The van der Waals surface area contributed by atoms with E-state index in [1.165, 1.54) is 11.8 Å². The summed E-state index contributed by atoms with van der Waals surface area (Å²) in [4.78, 5) is 37.6. The van der Waals surface area contributed by atoms with Gasteiger partial charge in [0.1, 0.15) is 5.75 Å². The van der Waals surface area contributed by atoms with E-state index in [9.17, 15) is 14.4 Å². The van der Waals surface area contributed by atoms with Crippen molar-refractivity contribution >= 4 is 23.5 Å². The Hall–Kier alpha value is -2.17. The maximum absolute atomic E-state index is 12.7. The molecule has 2 saturated carbocycles. The predicted octanol–water partition coefficient (Wildman–Crippen LogP) is 2.15. The minimum Gasteiger partial charge on any atom is -0.427 e. The number of imide groups is 1. The average Bonchev–Trinajstić information content (AvgIpc) is 3.14. The van der Waals surface area contributed by atoms with Crippen LogP contribution in [0, 0.1) is 23.7 Å². The van der Waals surface area contributed by atoms with E-state index in [2.05, 4.69) is 0 Å². The normalized spacial score (nSPS) is 32.5. The number of carbonyl (C=O) groups excluding carboxylic acids is 3. The summed E-state index contributed by atoms with van der Waals surface area (Å²) in [7, 11) is 0. The van der Waals surface area contributed by atoms with E-state index in [0.29, 0.717) is 23.3 Å². The lowest BCUT2D eigenvalue weighted by Crippen LogP contribution is -2.32. The van der Waals surface area contributed by atoms with Crippen LogP contribution in [0.15, 0.2) is 24.3 Å². The molecule has 5 nitrogen and oxygen atoms in total. The Kier molecular flexibility index (Phi) is 2.86. The van der Waals surface area contributed by atoms with E-state index >= 15 is 0 Å². The van der Waals surface area contributed by atoms with Gasteiger partial charge in [-0.15, -0.1) is 0 Å². The monoisotopic (exact) mass is 299 g/mol. The first-order chi connectivity index (χ1) is 10.6. The minimum atomic E-state index is -0.396. The van der Waals surface area contributed by atoms with Gasteiger partial charge in [-0.2, -0.15) is 0 Å². The first-order valence-corrected chi connectivity index (χ1v) is 7.72. The molecule has 0 unspecified atom stereocenters. The Morgan fingerprint density at radius 1 is 1.05 bits per heavy atom. The third kappa shape index (κ3) is 1.81. The van der Waals surface area contributed by atoms with Crippen LogP contribution in [-0.4, -0.2) is 17.8 Å². The second-order valence-electron chi connectivity index (χ2n) is 6.48. The maximum Gasteiger partial charge on any atom is 0.308 e. The quantitative estimate of drug-likeness (QED) is 0.477. The smallest absolute Gasteiger partial charge is 0.308 e. The zero-order chi connectivity index (χ0) is 15.4. The number of ether oxygens (including phenoxy) is 1. The molecule has 3 fully saturated rings. The van der Waals surface area contributed by atoms with Crippen molar-refractivity contribution in [1.82, 2.24) is 0 Å². The number of rotatable bonds is 2. The Morgan fingerprint density at radius 3 is 2.09 bits per heavy atom. The zero-order valence-corrected chi connectivity index (χ0v) is 12.3. The Labute approximate surface area is 128 Å². The lowest BCUT2D eigenvalue weighted by Gasteiger charge is -2.19. The molecule has 22 heavy (non-hydrogen) atoms. The van der Waals surface area contributed by atoms with Crippen LogP contribution >= 0.6 is 0 Å². The van der Waals surface area contributed by atoms with Crippen molar-refractivity contribution in [3.8, 4) is 5.75 Å². The van der Waals surface area contributed by atoms with Crippen molar-refractivity contribution in [3.05, 3.63) is 24.3 Å². The molecular formula is C17H17NO4. The lowest BCUT2D eigenvalue weighted by atomic mass is 9.81. The van der Waals surface area contributed by atoms with Crippen LogP contribution in [0.4, 0.5) is 5.69 Å². The van der Waals surface area contributed by atoms with Crippen LogP contribution in [0.1, 0.15) is 26.2 Å². The molecule has 1 aromatic carbocycles. The van der Waals surface area contributed by atoms with Gasteiger partial charge in [-0.3, -0.25) is 19.3 Å². The highest BCUT2D eigenvalue weighted by atomic mass is 16.5. The first kappa shape index (κ1) is 13.5. The summed E-state index contributed by atoms with van der Waals surface area (Å²) in [5.74, 6) is 0.458. The molecule has 5 heteroatoms. The van der Waals surface area contributed by atoms with Crippen LogP contribution in [0.2, 0.25) is 0 Å². The van der Waals surface area contributed by atoms with Crippen LogP contribution in [0.5, 0.6) is 5.75 Å². The van der Waals surface area contributed by atoms with E-state index < -0.39 is 5.97 Å². The number of nitrogens with zero attached hydrogens (tertiary/aromatic N) is 1. The maximum atomic E-state index is 12.7. The number of anilines is 1. The SMILES string of the molecule is CC(=O)Oc1ccc(N2C(=O)[C@@H]3[C@H]4CC[C@@H](C4)[C@H]3C2=O)cc1. The van der Waals surface area contributed by atoms with E-state index in [-0.39, 0.29) is 23.7 Å². The molecule has 2 bridgehead atoms. The van der Waals surface area contributed by atoms with Crippen molar-refractivity contribution in [3.63, 3.8) is 0 Å². The molecule has 1 aromatic rings. The third-order valence-electron chi connectivity index (χ3n) is 5.28. The van der Waals surface area contributed by atoms with E-state index in [4.69, 9.17) is 4.74 Å². The van der Waals surface area contributed by atoms with Gasteiger partial charge in [0.05, 0.1) is 17.5 Å². The fraction of sp³-hybridized carbons (Fsp3) is 0.471. The standard InChI is InChI=1S/C17H17NO4/c1-9(19)22-13-6-4-12(5-7-13)18-16(20)14-10-2-3-11(8-10)15(14)17(18)21/h4-7,10-11,14-15H,2-3,8H2,1H3/t10-,11-,14+,15+/m0/s1. The first-order valence-electron chi connectivity index (χ1n) is 7.72. The Balaban J connectivity index is 1.62.